The van der Waals surface area contributed by atoms with Crippen molar-refractivity contribution in [1.82, 2.24) is 14.8 Å². The van der Waals surface area contributed by atoms with Gasteiger partial charge in [0, 0.05) is 6.54 Å². The van der Waals surface area contributed by atoms with E-state index in [1.54, 1.807) is 11.3 Å². The van der Waals surface area contributed by atoms with Crippen LogP contribution < -0.4 is 4.74 Å². The van der Waals surface area contributed by atoms with Gasteiger partial charge in [0.2, 0.25) is 0 Å². The largest absolute Gasteiger partial charge is 0.490 e. The SMILES string of the molecule is CCn1c(SCC(=O)OCCOc2cccc(C)c2)nnc1-c1cccs1. The highest BCUT2D eigenvalue weighted by Gasteiger charge is 2.15. The zero-order chi connectivity index (χ0) is 19.1. The lowest BCUT2D eigenvalue weighted by molar-refractivity contribution is -0.141. The maximum atomic E-state index is 12.0. The molecule has 0 amide bonds. The van der Waals surface area contributed by atoms with Gasteiger partial charge in [-0.2, -0.15) is 0 Å². The van der Waals surface area contributed by atoms with Gasteiger partial charge in [0.25, 0.3) is 0 Å². The first-order valence-electron chi connectivity index (χ1n) is 8.62. The van der Waals surface area contributed by atoms with Crippen molar-refractivity contribution in [3.63, 3.8) is 0 Å². The van der Waals surface area contributed by atoms with Gasteiger partial charge in [-0.25, -0.2) is 0 Å². The minimum atomic E-state index is -0.295. The molecule has 0 bridgehead atoms. The van der Waals surface area contributed by atoms with Crippen molar-refractivity contribution >= 4 is 29.1 Å². The number of nitrogens with zero attached hydrogens (tertiary/aromatic N) is 3. The van der Waals surface area contributed by atoms with Gasteiger partial charge in [-0.05, 0) is 43.0 Å². The number of carbonyl (C=O) groups is 1. The first-order valence-corrected chi connectivity index (χ1v) is 10.5. The Morgan fingerprint density at radius 2 is 2.11 bits per heavy atom. The fraction of sp³-hybridized carbons (Fsp3) is 0.316. The Labute approximate surface area is 166 Å². The Hall–Kier alpha value is -2.32. The molecule has 0 aliphatic heterocycles. The fourth-order valence-corrected chi connectivity index (χ4v) is 3.97. The van der Waals surface area contributed by atoms with Crippen LogP contribution >= 0.6 is 23.1 Å². The standard InChI is InChI=1S/C19H21N3O3S2/c1-3-22-18(16-8-5-11-26-16)20-21-19(22)27-13-17(23)25-10-9-24-15-7-4-6-14(2)12-15/h4-8,11-12H,3,9-10,13H2,1-2H3. The summed E-state index contributed by atoms with van der Waals surface area (Å²) in [6.07, 6.45) is 0. The lowest BCUT2D eigenvalue weighted by Gasteiger charge is -2.08. The molecule has 0 spiro atoms. The Bertz CT molecular complexity index is 878. The highest BCUT2D eigenvalue weighted by atomic mass is 32.2. The van der Waals surface area contributed by atoms with E-state index >= 15 is 0 Å². The monoisotopic (exact) mass is 403 g/mol. The van der Waals surface area contributed by atoms with Crippen molar-refractivity contribution in [2.24, 2.45) is 0 Å². The number of benzene rings is 1. The van der Waals surface area contributed by atoms with Gasteiger partial charge in [-0.3, -0.25) is 4.79 Å². The van der Waals surface area contributed by atoms with Crippen LogP contribution in [-0.2, 0) is 16.1 Å². The van der Waals surface area contributed by atoms with E-state index in [2.05, 4.69) is 10.2 Å². The van der Waals surface area contributed by atoms with E-state index in [9.17, 15) is 4.79 Å². The van der Waals surface area contributed by atoms with Gasteiger partial charge >= 0.3 is 5.97 Å². The molecule has 3 aromatic rings. The van der Waals surface area contributed by atoms with Gasteiger partial charge in [0.1, 0.15) is 19.0 Å². The predicted octanol–water partition coefficient (Wildman–Crippen LogP) is 4.05. The van der Waals surface area contributed by atoms with Gasteiger partial charge in [-0.15, -0.1) is 21.5 Å². The molecule has 1 aromatic carbocycles. The van der Waals surface area contributed by atoms with Crippen molar-refractivity contribution < 1.29 is 14.3 Å². The minimum Gasteiger partial charge on any atom is -0.490 e. The molecule has 6 nitrogen and oxygen atoms in total. The summed E-state index contributed by atoms with van der Waals surface area (Å²) in [4.78, 5) is 13.0. The van der Waals surface area contributed by atoms with E-state index in [4.69, 9.17) is 9.47 Å². The zero-order valence-corrected chi connectivity index (χ0v) is 16.9. The van der Waals surface area contributed by atoms with E-state index in [1.165, 1.54) is 11.8 Å². The molecule has 2 aromatic heterocycles. The molecule has 142 valence electrons. The van der Waals surface area contributed by atoms with Gasteiger partial charge in [0.05, 0.1) is 10.6 Å². The average molecular weight is 404 g/mol. The minimum absolute atomic E-state index is 0.188. The van der Waals surface area contributed by atoms with E-state index in [0.29, 0.717) is 11.8 Å². The Balaban J connectivity index is 1.44. The number of rotatable bonds is 9. The molecule has 0 saturated carbocycles. The second-order valence-electron chi connectivity index (χ2n) is 5.70. The maximum absolute atomic E-state index is 12.0. The summed E-state index contributed by atoms with van der Waals surface area (Å²) in [5.74, 6) is 1.50. The number of ether oxygens (including phenoxy) is 2. The average Bonchev–Trinajstić information content (AvgIpc) is 3.32. The van der Waals surface area contributed by atoms with Crippen LogP contribution in [0.15, 0.2) is 46.9 Å². The third kappa shape index (κ3) is 5.33. The van der Waals surface area contributed by atoms with Crippen LogP contribution in [0.3, 0.4) is 0 Å². The van der Waals surface area contributed by atoms with Crippen molar-refractivity contribution in [3.05, 3.63) is 47.3 Å². The quantitative estimate of drug-likeness (QED) is 0.305. The Morgan fingerprint density at radius 3 is 2.85 bits per heavy atom. The predicted molar refractivity (Wildman–Crippen MR) is 107 cm³/mol. The molecule has 0 atom stereocenters. The van der Waals surface area contributed by atoms with Crippen LogP contribution in [0.4, 0.5) is 0 Å². The topological polar surface area (TPSA) is 66.2 Å². The second-order valence-corrected chi connectivity index (χ2v) is 7.59. The lowest BCUT2D eigenvalue weighted by Crippen LogP contribution is -2.14. The molecule has 0 N–H and O–H groups in total. The number of hydrogen-bond acceptors (Lipinski definition) is 7. The van der Waals surface area contributed by atoms with Crippen LogP contribution in [-0.4, -0.2) is 39.7 Å². The molecule has 0 aliphatic carbocycles. The normalized spacial score (nSPS) is 10.7. The number of aromatic nitrogens is 3. The van der Waals surface area contributed by atoms with Crippen LogP contribution in [0, 0.1) is 6.92 Å². The molecule has 0 aliphatic rings. The van der Waals surface area contributed by atoms with Crippen LogP contribution in [0.25, 0.3) is 10.7 Å². The molecule has 0 saturated heterocycles. The van der Waals surface area contributed by atoms with Crippen LogP contribution in [0.2, 0.25) is 0 Å². The first-order chi connectivity index (χ1) is 13.2. The van der Waals surface area contributed by atoms with Crippen molar-refractivity contribution in [2.45, 2.75) is 25.5 Å². The molecular weight excluding hydrogens is 382 g/mol. The summed E-state index contributed by atoms with van der Waals surface area (Å²) in [7, 11) is 0. The van der Waals surface area contributed by atoms with E-state index in [-0.39, 0.29) is 18.3 Å². The Kier molecular flexibility index (Phi) is 6.89. The molecular formula is C19H21N3O3S2. The van der Waals surface area contributed by atoms with Crippen molar-refractivity contribution in [1.29, 1.82) is 0 Å². The second kappa shape index (κ2) is 9.57. The maximum Gasteiger partial charge on any atom is 0.316 e. The third-order valence-electron chi connectivity index (χ3n) is 3.70. The van der Waals surface area contributed by atoms with Crippen LogP contribution in [0.1, 0.15) is 12.5 Å². The van der Waals surface area contributed by atoms with E-state index in [0.717, 1.165) is 28.6 Å². The van der Waals surface area contributed by atoms with Crippen molar-refractivity contribution in [3.8, 4) is 16.5 Å². The van der Waals surface area contributed by atoms with E-state index in [1.807, 2.05) is 60.2 Å². The highest BCUT2D eigenvalue weighted by Crippen LogP contribution is 2.27. The number of aryl methyl sites for hydroxylation is 1. The molecule has 0 unspecified atom stereocenters. The van der Waals surface area contributed by atoms with E-state index < -0.39 is 0 Å². The van der Waals surface area contributed by atoms with Crippen molar-refractivity contribution in [2.75, 3.05) is 19.0 Å². The summed E-state index contributed by atoms with van der Waals surface area (Å²) in [5, 5.41) is 11.2. The van der Waals surface area contributed by atoms with Crippen LogP contribution in [0.5, 0.6) is 5.75 Å². The molecule has 8 heteroatoms. The summed E-state index contributed by atoms with van der Waals surface area (Å²) < 4.78 is 12.8. The first kappa shape index (κ1) is 19.4. The zero-order valence-electron chi connectivity index (χ0n) is 15.3. The molecule has 27 heavy (non-hydrogen) atoms. The van der Waals surface area contributed by atoms with Gasteiger partial charge in [0.15, 0.2) is 11.0 Å². The number of thioether (sulfide) groups is 1. The summed E-state index contributed by atoms with van der Waals surface area (Å²) in [6.45, 7) is 5.32. The molecule has 3 rings (SSSR count). The summed E-state index contributed by atoms with van der Waals surface area (Å²) in [5.41, 5.74) is 1.13. The number of hydrogen-bond donors (Lipinski definition) is 0. The number of thiophene rings is 1. The fourth-order valence-electron chi connectivity index (χ4n) is 2.45. The number of carbonyl (C=O) groups excluding carboxylic acids is 1. The highest BCUT2D eigenvalue weighted by molar-refractivity contribution is 7.99. The Morgan fingerprint density at radius 1 is 1.22 bits per heavy atom. The van der Waals surface area contributed by atoms with Gasteiger partial charge in [-0.1, -0.05) is 30.0 Å². The van der Waals surface area contributed by atoms with Gasteiger partial charge < -0.3 is 14.0 Å². The molecule has 0 fully saturated rings. The molecule has 0 radical (unpaired) electrons. The summed E-state index contributed by atoms with van der Waals surface area (Å²) in [6, 6.07) is 11.8. The third-order valence-corrected chi connectivity index (χ3v) is 5.50. The number of esters is 1. The lowest BCUT2D eigenvalue weighted by atomic mass is 10.2. The summed E-state index contributed by atoms with van der Waals surface area (Å²) >= 11 is 2.95. The molecule has 2 heterocycles. The smallest absolute Gasteiger partial charge is 0.316 e.